The van der Waals surface area contributed by atoms with E-state index in [0.29, 0.717) is 18.0 Å². The van der Waals surface area contributed by atoms with Gasteiger partial charge in [0, 0.05) is 18.3 Å². The molecule has 4 heteroatoms. The number of hydrogen-bond donors (Lipinski definition) is 0. The molecule has 0 aliphatic rings. The van der Waals surface area contributed by atoms with Gasteiger partial charge in [0.15, 0.2) is 6.61 Å². The van der Waals surface area contributed by atoms with Gasteiger partial charge in [-0.2, -0.15) is 0 Å². The van der Waals surface area contributed by atoms with E-state index in [1.54, 1.807) is 24.1 Å². The quantitative estimate of drug-likeness (QED) is 0.818. The maximum absolute atomic E-state index is 12.3. The van der Waals surface area contributed by atoms with Gasteiger partial charge in [0.25, 0.3) is 5.91 Å². The number of nitrogens with zero attached hydrogens (tertiary/aromatic N) is 1. The summed E-state index contributed by atoms with van der Waals surface area (Å²) in [5, 5.41) is 0. The molecule has 0 radical (unpaired) electrons. The van der Waals surface area contributed by atoms with Crippen molar-refractivity contribution >= 4 is 11.6 Å². The Morgan fingerprint density at radius 2 is 1.76 bits per heavy atom. The summed E-state index contributed by atoms with van der Waals surface area (Å²) in [4.78, 5) is 14.0. The molecule has 0 unspecified atom stereocenters. The predicted octanol–water partition coefficient (Wildman–Crippen LogP) is 3.13. The van der Waals surface area contributed by atoms with Gasteiger partial charge in [-0.05, 0) is 31.2 Å². The van der Waals surface area contributed by atoms with Crippen LogP contribution in [0.1, 0.15) is 6.92 Å². The Bertz CT molecular complexity index is 584. The van der Waals surface area contributed by atoms with Crippen LogP contribution in [-0.2, 0) is 4.79 Å². The van der Waals surface area contributed by atoms with E-state index in [1.165, 1.54) is 0 Å². The van der Waals surface area contributed by atoms with Crippen LogP contribution in [0.4, 0.5) is 5.69 Å². The third kappa shape index (κ3) is 3.99. The van der Waals surface area contributed by atoms with Crippen LogP contribution in [0, 0.1) is 0 Å². The Morgan fingerprint density at radius 3 is 2.43 bits per heavy atom. The fourth-order valence-electron chi connectivity index (χ4n) is 2.02. The Balaban J connectivity index is 2.00. The largest absolute Gasteiger partial charge is 0.497 e. The average molecular weight is 285 g/mol. The number of methoxy groups -OCH3 is 1. The number of rotatable bonds is 6. The van der Waals surface area contributed by atoms with E-state index in [2.05, 4.69) is 0 Å². The molecule has 2 aromatic carbocycles. The Morgan fingerprint density at radius 1 is 1.05 bits per heavy atom. The molecule has 0 aromatic heterocycles. The van der Waals surface area contributed by atoms with E-state index in [9.17, 15) is 4.79 Å². The lowest BCUT2D eigenvalue weighted by molar-refractivity contribution is -0.120. The molecule has 2 aromatic rings. The number of hydrogen-bond acceptors (Lipinski definition) is 3. The molecule has 2 rings (SSSR count). The summed E-state index contributed by atoms with van der Waals surface area (Å²) in [6.07, 6.45) is 0. The Hall–Kier alpha value is -2.49. The molecule has 4 nitrogen and oxygen atoms in total. The van der Waals surface area contributed by atoms with Gasteiger partial charge in [-0.15, -0.1) is 0 Å². The lowest BCUT2D eigenvalue weighted by Gasteiger charge is -2.21. The topological polar surface area (TPSA) is 38.8 Å². The van der Waals surface area contributed by atoms with Gasteiger partial charge in [-0.1, -0.05) is 24.3 Å². The van der Waals surface area contributed by atoms with Crippen molar-refractivity contribution in [3.63, 3.8) is 0 Å². The minimum Gasteiger partial charge on any atom is -0.497 e. The van der Waals surface area contributed by atoms with Crippen LogP contribution in [0.15, 0.2) is 54.6 Å². The van der Waals surface area contributed by atoms with Crippen molar-refractivity contribution in [3.8, 4) is 11.5 Å². The van der Waals surface area contributed by atoms with E-state index >= 15 is 0 Å². The summed E-state index contributed by atoms with van der Waals surface area (Å²) >= 11 is 0. The lowest BCUT2D eigenvalue weighted by Crippen LogP contribution is -2.34. The van der Waals surface area contributed by atoms with Crippen molar-refractivity contribution in [1.29, 1.82) is 0 Å². The molecule has 0 fully saturated rings. The zero-order valence-corrected chi connectivity index (χ0v) is 12.3. The van der Waals surface area contributed by atoms with Crippen LogP contribution < -0.4 is 14.4 Å². The third-order valence-corrected chi connectivity index (χ3v) is 3.09. The highest BCUT2D eigenvalue weighted by molar-refractivity contribution is 5.94. The summed E-state index contributed by atoms with van der Waals surface area (Å²) in [5.41, 5.74) is 0.874. The molecule has 0 heterocycles. The van der Waals surface area contributed by atoms with Gasteiger partial charge in [-0.3, -0.25) is 4.79 Å². The summed E-state index contributed by atoms with van der Waals surface area (Å²) in [5.74, 6) is 1.24. The van der Waals surface area contributed by atoms with Crippen molar-refractivity contribution in [1.82, 2.24) is 0 Å². The molecule has 0 N–H and O–H groups in total. The molecule has 110 valence electrons. The molecule has 0 saturated heterocycles. The molecule has 1 amide bonds. The zero-order chi connectivity index (χ0) is 15.1. The van der Waals surface area contributed by atoms with Gasteiger partial charge >= 0.3 is 0 Å². The highest BCUT2D eigenvalue weighted by atomic mass is 16.5. The van der Waals surface area contributed by atoms with Gasteiger partial charge in [0.1, 0.15) is 11.5 Å². The lowest BCUT2D eigenvalue weighted by atomic mass is 10.3. The first kappa shape index (κ1) is 14.9. The molecule has 0 aliphatic heterocycles. The first-order chi connectivity index (χ1) is 10.2. The number of para-hydroxylation sites is 1. The number of ether oxygens (including phenoxy) is 2. The van der Waals surface area contributed by atoms with Gasteiger partial charge < -0.3 is 14.4 Å². The second-order valence-electron chi connectivity index (χ2n) is 4.44. The van der Waals surface area contributed by atoms with Crippen LogP contribution in [0.25, 0.3) is 0 Å². The Labute approximate surface area is 124 Å². The van der Waals surface area contributed by atoms with E-state index in [4.69, 9.17) is 9.47 Å². The van der Waals surface area contributed by atoms with Crippen molar-refractivity contribution in [2.45, 2.75) is 6.92 Å². The first-order valence-electron chi connectivity index (χ1n) is 6.87. The minimum absolute atomic E-state index is 0.00407. The van der Waals surface area contributed by atoms with E-state index < -0.39 is 0 Å². The third-order valence-electron chi connectivity index (χ3n) is 3.09. The van der Waals surface area contributed by atoms with Crippen LogP contribution >= 0.6 is 0 Å². The summed E-state index contributed by atoms with van der Waals surface area (Å²) in [7, 11) is 1.60. The molecule has 0 spiro atoms. The summed E-state index contributed by atoms with van der Waals surface area (Å²) in [6, 6.07) is 16.8. The van der Waals surface area contributed by atoms with Gasteiger partial charge in [0.2, 0.25) is 0 Å². The van der Waals surface area contributed by atoms with Crippen molar-refractivity contribution in [3.05, 3.63) is 54.6 Å². The monoisotopic (exact) mass is 285 g/mol. The highest BCUT2D eigenvalue weighted by Crippen LogP contribution is 2.19. The van der Waals surface area contributed by atoms with Gasteiger partial charge in [-0.25, -0.2) is 0 Å². The number of likely N-dealkylation sites (N-methyl/N-ethyl adjacent to an activating group) is 1. The SMILES string of the molecule is CCN(C(=O)COc1cccc(OC)c1)c1ccccc1. The van der Waals surface area contributed by atoms with Gasteiger partial charge in [0.05, 0.1) is 7.11 Å². The average Bonchev–Trinajstić information content (AvgIpc) is 2.55. The fraction of sp³-hybridized carbons (Fsp3) is 0.235. The molecule has 0 saturated carbocycles. The van der Waals surface area contributed by atoms with Crippen LogP contribution in [0.2, 0.25) is 0 Å². The molecule has 0 atom stereocenters. The predicted molar refractivity (Wildman–Crippen MR) is 83.0 cm³/mol. The molecule has 0 aliphatic carbocycles. The Kier molecular flexibility index (Phi) is 5.21. The molecular formula is C17H19NO3. The van der Waals surface area contributed by atoms with Crippen LogP contribution in [0.5, 0.6) is 11.5 Å². The number of amides is 1. The van der Waals surface area contributed by atoms with Crippen molar-refractivity contribution < 1.29 is 14.3 Å². The first-order valence-corrected chi connectivity index (χ1v) is 6.87. The molecule has 0 bridgehead atoms. The standard InChI is InChI=1S/C17H19NO3/c1-3-18(14-8-5-4-6-9-14)17(19)13-21-16-11-7-10-15(12-16)20-2/h4-12H,3,13H2,1-2H3. The number of carbonyl (C=O) groups is 1. The molecular weight excluding hydrogens is 266 g/mol. The van der Waals surface area contributed by atoms with Crippen LogP contribution in [-0.4, -0.2) is 26.2 Å². The summed E-state index contributed by atoms with van der Waals surface area (Å²) in [6.45, 7) is 2.54. The van der Waals surface area contributed by atoms with E-state index in [0.717, 1.165) is 5.69 Å². The van der Waals surface area contributed by atoms with Crippen LogP contribution in [0.3, 0.4) is 0 Å². The fourth-order valence-corrected chi connectivity index (χ4v) is 2.02. The zero-order valence-electron chi connectivity index (χ0n) is 12.3. The van der Waals surface area contributed by atoms with Crippen molar-refractivity contribution in [2.24, 2.45) is 0 Å². The second kappa shape index (κ2) is 7.33. The maximum atomic E-state index is 12.3. The highest BCUT2D eigenvalue weighted by Gasteiger charge is 2.14. The second-order valence-corrected chi connectivity index (χ2v) is 4.44. The number of anilines is 1. The summed E-state index contributed by atoms with van der Waals surface area (Å²) < 4.78 is 10.7. The number of benzene rings is 2. The van der Waals surface area contributed by atoms with E-state index in [1.807, 2.05) is 49.4 Å². The van der Waals surface area contributed by atoms with E-state index in [-0.39, 0.29) is 12.5 Å². The minimum atomic E-state index is -0.0773. The maximum Gasteiger partial charge on any atom is 0.264 e. The number of carbonyl (C=O) groups excluding carboxylic acids is 1. The smallest absolute Gasteiger partial charge is 0.264 e. The molecule has 21 heavy (non-hydrogen) atoms. The normalized spacial score (nSPS) is 10.0. The van der Waals surface area contributed by atoms with Crippen molar-refractivity contribution in [2.75, 3.05) is 25.2 Å².